The van der Waals surface area contributed by atoms with Crippen molar-refractivity contribution in [3.63, 3.8) is 0 Å². The predicted molar refractivity (Wildman–Crippen MR) is 128 cm³/mol. The molecule has 1 saturated carbocycles. The minimum atomic E-state index is -0.770. The number of amides is 3. The summed E-state index contributed by atoms with van der Waals surface area (Å²) in [6.07, 6.45) is 10.0. The van der Waals surface area contributed by atoms with Crippen LogP contribution < -0.4 is 16.0 Å². The van der Waals surface area contributed by atoms with Crippen molar-refractivity contribution in [3.05, 3.63) is 76.6 Å². The second-order valence-electron chi connectivity index (χ2n) is 8.33. The molecule has 0 bridgehead atoms. The van der Waals surface area contributed by atoms with E-state index in [4.69, 9.17) is 4.42 Å². The number of carbonyl (C=O) groups is 3. The molecule has 4 rings (SSSR count). The Hall–Kier alpha value is -3.46. The molecule has 3 aromatic rings. The summed E-state index contributed by atoms with van der Waals surface area (Å²) in [6.45, 7) is -0.224. The van der Waals surface area contributed by atoms with Crippen molar-refractivity contribution in [2.75, 3.05) is 6.54 Å². The van der Waals surface area contributed by atoms with Gasteiger partial charge in [-0.1, -0.05) is 31.4 Å². The van der Waals surface area contributed by atoms with Crippen molar-refractivity contribution >= 4 is 29.1 Å². The van der Waals surface area contributed by atoms with Gasteiger partial charge in [0.25, 0.3) is 5.91 Å². The van der Waals surface area contributed by atoms with E-state index in [2.05, 4.69) is 20.9 Å². The Bertz CT molecular complexity index is 1060. The van der Waals surface area contributed by atoms with Crippen LogP contribution in [-0.2, 0) is 9.59 Å². The molecule has 3 amide bonds. The van der Waals surface area contributed by atoms with E-state index in [1.54, 1.807) is 48.1 Å². The number of hydrogen-bond donors (Lipinski definition) is 3. The van der Waals surface area contributed by atoms with Crippen molar-refractivity contribution in [2.45, 2.75) is 50.1 Å². The van der Waals surface area contributed by atoms with Crippen molar-refractivity contribution < 1.29 is 18.8 Å². The monoisotopic (exact) mass is 480 g/mol. The van der Waals surface area contributed by atoms with Gasteiger partial charge in [0.2, 0.25) is 11.8 Å². The summed E-state index contributed by atoms with van der Waals surface area (Å²) < 4.78 is 5.62. The minimum Gasteiger partial charge on any atom is -0.467 e. The Morgan fingerprint density at radius 2 is 1.94 bits per heavy atom. The van der Waals surface area contributed by atoms with Crippen molar-refractivity contribution in [1.82, 2.24) is 20.9 Å². The van der Waals surface area contributed by atoms with Crippen LogP contribution in [0, 0.1) is 0 Å². The second-order valence-corrected chi connectivity index (χ2v) is 9.28. The van der Waals surface area contributed by atoms with E-state index < -0.39 is 17.9 Å². The van der Waals surface area contributed by atoms with Crippen molar-refractivity contribution in [3.8, 4) is 0 Å². The first-order chi connectivity index (χ1) is 16.6. The fourth-order valence-electron chi connectivity index (χ4n) is 4.26. The van der Waals surface area contributed by atoms with Gasteiger partial charge in [-0.3, -0.25) is 19.4 Å². The van der Waals surface area contributed by atoms with Crippen LogP contribution in [-0.4, -0.2) is 35.3 Å². The molecule has 2 unspecified atom stereocenters. The van der Waals surface area contributed by atoms with Crippen LogP contribution in [0.5, 0.6) is 0 Å². The third-order valence-corrected chi connectivity index (χ3v) is 6.80. The van der Waals surface area contributed by atoms with E-state index in [1.807, 2.05) is 6.07 Å². The highest BCUT2D eigenvalue weighted by Crippen LogP contribution is 2.32. The summed E-state index contributed by atoms with van der Waals surface area (Å²) >= 11 is 1.30. The molecule has 3 N–H and O–H groups in total. The minimum absolute atomic E-state index is 0.110. The standard InChI is InChI=1S/C25H28N4O4S/c30-21(16-27-24(31)20-11-6-14-34-20)29-23(19-10-5-13-33-19)22(17-7-4-12-26-15-17)25(32)28-18-8-2-1-3-9-18/h4-7,10-15,18,22-23H,1-3,8-9,16H2,(H,27,31)(H,28,32)(H,29,30). The molecule has 0 saturated heterocycles. The highest BCUT2D eigenvalue weighted by molar-refractivity contribution is 7.12. The van der Waals surface area contributed by atoms with Crippen LogP contribution in [0.3, 0.4) is 0 Å². The first-order valence-corrected chi connectivity index (χ1v) is 12.3. The normalized spacial score (nSPS) is 15.8. The molecule has 9 heteroatoms. The predicted octanol–water partition coefficient (Wildman–Crippen LogP) is 3.56. The van der Waals surface area contributed by atoms with Gasteiger partial charge in [0, 0.05) is 18.4 Å². The maximum Gasteiger partial charge on any atom is 0.261 e. The molecular formula is C25H28N4O4S. The van der Waals surface area contributed by atoms with Gasteiger partial charge in [0.1, 0.15) is 11.8 Å². The lowest BCUT2D eigenvalue weighted by atomic mass is 9.88. The molecule has 2 atom stereocenters. The summed E-state index contributed by atoms with van der Waals surface area (Å²) in [7, 11) is 0. The van der Waals surface area contributed by atoms with Crippen LogP contribution in [0.1, 0.15) is 65.1 Å². The summed E-state index contributed by atoms with van der Waals surface area (Å²) in [6, 6.07) is 9.83. The lowest BCUT2D eigenvalue weighted by molar-refractivity contribution is -0.125. The Morgan fingerprint density at radius 3 is 2.62 bits per heavy atom. The highest BCUT2D eigenvalue weighted by Gasteiger charge is 2.35. The SMILES string of the molecule is O=C(CNC(=O)c1cccs1)NC(c1ccco1)C(C(=O)NC1CCCCC1)c1cccnc1. The zero-order chi connectivity index (χ0) is 23.8. The Balaban J connectivity index is 1.53. The number of nitrogens with one attached hydrogen (secondary N) is 3. The van der Waals surface area contributed by atoms with Crippen LogP contribution in [0.25, 0.3) is 0 Å². The summed E-state index contributed by atoms with van der Waals surface area (Å²) in [4.78, 5) is 43.4. The van der Waals surface area contributed by atoms with Gasteiger partial charge in [-0.15, -0.1) is 11.3 Å². The first kappa shape index (κ1) is 23.7. The number of aromatic nitrogens is 1. The lowest BCUT2D eigenvalue weighted by Crippen LogP contribution is -2.46. The van der Waals surface area contributed by atoms with E-state index in [0.29, 0.717) is 16.2 Å². The fourth-order valence-corrected chi connectivity index (χ4v) is 4.90. The molecule has 1 fully saturated rings. The number of carbonyl (C=O) groups excluding carboxylic acids is 3. The molecule has 0 spiro atoms. The fraction of sp³-hybridized carbons (Fsp3) is 0.360. The number of pyridine rings is 1. The van der Waals surface area contributed by atoms with Gasteiger partial charge >= 0.3 is 0 Å². The number of furan rings is 1. The Labute approximate surface area is 202 Å². The quantitative estimate of drug-likeness (QED) is 0.433. The van der Waals surface area contributed by atoms with Gasteiger partial charge in [-0.25, -0.2) is 0 Å². The average molecular weight is 481 g/mol. The molecule has 3 heterocycles. The van der Waals surface area contributed by atoms with Gasteiger partial charge in [-0.05, 0) is 48.1 Å². The zero-order valence-corrected chi connectivity index (χ0v) is 19.6. The topological polar surface area (TPSA) is 113 Å². The van der Waals surface area contributed by atoms with Crippen molar-refractivity contribution in [1.29, 1.82) is 0 Å². The third-order valence-electron chi connectivity index (χ3n) is 5.93. The summed E-state index contributed by atoms with van der Waals surface area (Å²) in [5, 5.41) is 10.5. The Kier molecular flexibility index (Phi) is 8.08. The van der Waals surface area contributed by atoms with E-state index >= 15 is 0 Å². The maximum absolute atomic E-state index is 13.6. The van der Waals surface area contributed by atoms with Gasteiger partial charge in [0.05, 0.1) is 23.6 Å². The molecule has 34 heavy (non-hydrogen) atoms. The zero-order valence-electron chi connectivity index (χ0n) is 18.7. The molecule has 0 aromatic carbocycles. The molecule has 8 nitrogen and oxygen atoms in total. The van der Waals surface area contributed by atoms with Crippen molar-refractivity contribution in [2.24, 2.45) is 0 Å². The number of rotatable bonds is 9. The number of hydrogen-bond acceptors (Lipinski definition) is 6. The molecule has 0 aliphatic heterocycles. The van der Waals surface area contributed by atoms with Crippen LogP contribution in [0.2, 0.25) is 0 Å². The average Bonchev–Trinajstić information content (AvgIpc) is 3.58. The molecule has 3 aromatic heterocycles. The molecule has 1 aliphatic rings. The third kappa shape index (κ3) is 6.11. The van der Waals surface area contributed by atoms with Crippen LogP contribution in [0.15, 0.2) is 64.9 Å². The molecule has 0 radical (unpaired) electrons. The smallest absolute Gasteiger partial charge is 0.261 e. The maximum atomic E-state index is 13.6. The largest absolute Gasteiger partial charge is 0.467 e. The highest BCUT2D eigenvalue weighted by atomic mass is 32.1. The second kappa shape index (κ2) is 11.6. The first-order valence-electron chi connectivity index (χ1n) is 11.5. The lowest BCUT2D eigenvalue weighted by Gasteiger charge is -2.29. The molecular weight excluding hydrogens is 452 g/mol. The molecule has 178 valence electrons. The van der Waals surface area contributed by atoms with E-state index in [0.717, 1.165) is 25.7 Å². The van der Waals surface area contributed by atoms with Gasteiger partial charge in [0.15, 0.2) is 0 Å². The van der Waals surface area contributed by atoms with Gasteiger partial charge < -0.3 is 20.4 Å². The molecule has 1 aliphatic carbocycles. The summed E-state index contributed by atoms with van der Waals surface area (Å²) in [5.74, 6) is -1.24. The summed E-state index contributed by atoms with van der Waals surface area (Å²) in [5.41, 5.74) is 0.667. The van der Waals surface area contributed by atoms with E-state index in [-0.39, 0.29) is 24.4 Å². The van der Waals surface area contributed by atoms with E-state index in [9.17, 15) is 14.4 Å². The van der Waals surface area contributed by atoms with Gasteiger partial charge in [-0.2, -0.15) is 0 Å². The Morgan fingerprint density at radius 1 is 1.09 bits per heavy atom. The van der Waals surface area contributed by atoms with Crippen LogP contribution in [0.4, 0.5) is 0 Å². The number of thiophene rings is 1. The van der Waals surface area contributed by atoms with E-state index in [1.165, 1.54) is 24.0 Å². The van der Waals surface area contributed by atoms with Crippen LogP contribution >= 0.6 is 11.3 Å². The number of nitrogens with zero attached hydrogens (tertiary/aromatic N) is 1.